The molecule has 1 aromatic carbocycles. The number of amides is 1. The number of anilines is 1. The smallest absolute Gasteiger partial charge is 0.270 e. The maximum absolute atomic E-state index is 12.3. The maximum atomic E-state index is 12.3. The van der Waals surface area contributed by atoms with Crippen molar-refractivity contribution in [1.82, 2.24) is 14.9 Å². The summed E-state index contributed by atoms with van der Waals surface area (Å²) >= 11 is 0.781. The highest BCUT2D eigenvalue weighted by molar-refractivity contribution is 7.91. The van der Waals surface area contributed by atoms with E-state index in [4.69, 9.17) is 9.47 Å². The van der Waals surface area contributed by atoms with Gasteiger partial charge in [-0.15, -0.1) is 10.2 Å². The van der Waals surface area contributed by atoms with Gasteiger partial charge in [-0.2, -0.15) is 0 Å². The Hall–Kier alpha value is -2.24. The van der Waals surface area contributed by atoms with E-state index < -0.39 is 16.1 Å². The molecule has 11 heteroatoms. The number of carbonyl (C=O) groups is 1. The number of benzene rings is 1. The second-order valence-electron chi connectivity index (χ2n) is 5.26. The van der Waals surface area contributed by atoms with Crippen molar-refractivity contribution in [3.63, 3.8) is 0 Å². The molecule has 0 bridgehead atoms. The van der Waals surface area contributed by atoms with Crippen LogP contribution in [0.15, 0.2) is 28.6 Å². The largest absolute Gasteiger partial charge is 0.493 e. The predicted molar refractivity (Wildman–Crippen MR) is 97.1 cm³/mol. The van der Waals surface area contributed by atoms with Gasteiger partial charge < -0.3 is 14.8 Å². The highest BCUT2D eigenvalue weighted by Gasteiger charge is 2.23. The molecular weight excluding hydrogens is 380 g/mol. The Morgan fingerprint density at radius 1 is 1.27 bits per heavy atom. The van der Waals surface area contributed by atoms with Crippen LogP contribution >= 0.6 is 11.3 Å². The number of methoxy groups -OCH3 is 1. The zero-order valence-corrected chi connectivity index (χ0v) is 16.2. The van der Waals surface area contributed by atoms with Gasteiger partial charge in [-0.1, -0.05) is 30.4 Å². The summed E-state index contributed by atoms with van der Waals surface area (Å²) in [6.45, 7) is 3.44. The van der Waals surface area contributed by atoms with Crippen LogP contribution in [0.1, 0.15) is 20.3 Å². The zero-order chi connectivity index (χ0) is 19.2. The Kier molecular flexibility index (Phi) is 6.89. The van der Waals surface area contributed by atoms with Crippen molar-refractivity contribution >= 4 is 32.4 Å². The average Bonchev–Trinajstić information content (AvgIpc) is 3.09. The lowest BCUT2D eigenvalue weighted by atomic mass is 10.3. The molecule has 2 N–H and O–H groups in total. The van der Waals surface area contributed by atoms with Gasteiger partial charge in [-0.25, -0.2) is 13.1 Å². The Morgan fingerprint density at radius 2 is 1.96 bits per heavy atom. The van der Waals surface area contributed by atoms with Crippen LogP contribution in [-0.2, 0) is 14.8 Å². The molecule has 0 saturated heterocycles. The number of sulfonamides is 1. The van der Waals surface area contributed by atoms with Crippen molar-refractivity contribution in [1.29, 1.82) is 0 Å². The van der Waals surface area contributed by atoms with E-state index in [1.807, 2.05) is 6.07 Å². The molecule has 9 nitrogen and oxygen atoms in total. The summed E-state index contributed by atoms with van der Waals surface area (Å²) in [6, 6.07) is 6.55. The minimum Gasteiger partial charge on any atom is -0.493 e. The fourth-order valence-corrected chi connectivity index (χ4v) is 4.04. The van der Waals surface area contributed by atoms with Crippen LogP contribution in [0.5, 0.6) is 11.5 Å². The third kappa shape index (κ3) is 5.38. The van der Waals surface area contributed by atoms with Crippen molar-refractivity contribution in [3.05, 3.63) is 24.3 Å². The molecule has 2 aromatic rings. The molecule has 1 heterocycles. The first-order valence-electron chi connectivity index (χ1n) is 7.77. The number of aromatic nitrogens is 2. The Balaban J connectivity index is 1.97. The molecule has 26 heavy (non-hydrogen) atoms. The summed E-state index contributed by atoms with van der Waals surface area (Å²) in [5.41, 5.74) is 0. The van der Waals surface area contributed by atoms with E-state index in [-0.39, 0.29) is 28.4 Å². The summed E-state index contributed by atoms with van der Waals surface area (Å²) in [5, 5.41) is 9.89. The van der Waals surface area contributed by atoms with Crippen molar-refractivity contribution in [2.24, 2.45) is 0 Å². The second-order valence-corrected chi connectivity index (χ2v) is 8.12. The Morgan fingerprint density at radius 3 is 2.62 bits per heavy atom. The Labute approximate surface area is 155 Å². The van der Waals surface area contributed by atoms with Gasteiger partial charge in [0.1, 0.15) is 6.61 Å². The van der Waals surface area contributed by atoms with Crippen LogP contribution in [0.4, 0.5) is 5.13 Å². The van der Waals surface area contributed by atoms with Crippen LogP contribution in [0, 0.1) is 0 Å². The van der Waals surface area contributed by atoms with Gasteiger partial charge >= 0.3 is 0 Å². The van der Waals surface area contributed by atoms with Gasteiger partial charge in [0.05, 0.1) is 13.2 Å². The summed E-state index contributed by atoms with van der Waals surface area (Å²) < 4.78 is 37.7. The van der Waals surface area contributed by atoms with Crippen LogP contribution in [0.3, 0.4) is 0 Å². The molecule has 142 valence electrons. The minimum absolute atomic E-state index is 0.0951. The SMILES string of the molecule is CCC(=O)Nc1nnc(S(=O)(=O)NC(C)COc2ccccc2OC)s1. The number of hydrogen-bond acceptors (Lipinski definition) is 8. The molecule has 0 aliphatic rings. The fourth-order valence-electron chi connectivity index (χ4n) is 1.88. The lowest BCUT2D eigenvalue weighted by Crippen LogP contribution is -2.36. The highest BCUT2D eigenvalue weighted by Crippen LogP contribution is 2.26. The van der Waals surface area contributed by atoms with Crippen molar-refractivity contribution in [2.45, 2.75) is 30.6 Å². The first kappa shape index (κ1) is 20.1. The molecular formula is C15H20N4O5S2. The van der Waals surface area contributed by atoms with E-state index >= 15 is 0 Å². The van der Waals surface area contributed by atoms with E-state index in [2.05, 4.69) is 20.2 Å². The van der Waals surface area contributed by atoms with Crippen LogP contribution in [-0.4, -0.2) is 44.3 Å². The summed E-state index contributed by atoms with van der Waals surface area (Å²) in [4.78, 5) is 11.3. The monoisotopic (exact) mass is 400 g/mol. The highest BCUT2D eigenvalue weighted by atomic mass is 32.2. The predicted octanol–water partition coefficient (Wildman–Crippen LogP) is 1.64. The zero-order valence-electron chi connectivity index (χ0n) is 14.6. The number of rotatable bonds is 9. The molecule has 0 radical (unpaired) electrons. The lowest BCUT2D eigenvalue weighted by Gasteiger charge is -2.15. The molecule has 1 amide bonds. The third-order valence-electron chi connectivity index (χ3n) is 3.12. The fraction of sp³-hybridized carbons (Fsp3) is 0.400. The topological polar surface area (TPSA) is 120 Å². The van der Waals surface area contributed by atoms with Crippen molar-refractivity contribution < 1.29 is 22.7 Å². The molecule has 0 spiro atoms. The Bertz CT molecular complexity index is 853. The average molecular weight is 400 g/mol. The van der Waals surface area contributed by atoms with Crippen LogP contribution in [0.2, 0.25) is 0 Å². The van der Waals surface area contributed by atoms with E-state index in [0.29, 0.717) is 11.5 Å². The van der Waals surface area contributed by atoms with Gasteiger partial charge in [0.2, 0.25) is 15.4 Å². The summed E-state index contributed by atoms with van der Waals surface area (Å²) in [6.07, 6.45) is 0.261. The van der Waals surface area contributed by atoms with E-state index in [0.717, 1.165) is 11.3 Å². The van der Waals surface area contributed by atoms with E-state index in [1.54, 1.807) is 32.0 Å². The summed E-state index contributed by atoms with van der Waals surface area (Å²) in [5.74, 6) is 0.807. The number of nitrogens with zero attached hydrogens (tertiary/aromatic N) is 2. The molecule has 2 rings (SSSR count). The molecule has 1 aromatic heterocycles. The minimum atomic E-state index is -3.87. The number of carbonyl (C=O) groups excluding carboxylic acids is 1. The van der Waals surface area contributed by atoms with Gasteiger partial charge in [0, 0.05) is 6.42 Å². The lowest BCUT2D eigenvalue weighted by molar-refractivity contribution is -0.115. The van der Waals surface area contributed by atoms with Gasteiger partial charge in [-0.05, 0) is 19.1 Å². The van der Waals surface area contributed by atoms with E-state index in [1.165, 1.54) is 7.11 Å². The normalized spacial score (nSPS) is 12.4. The molecule has 0 saturated carbocycles. The van der Waals surface area contributed by atoms with Crippen LogP contribution < -0.4 is 19.5 Å². The second kappa shape index (κ2) is 8.92. The first-order valence-corrected chi connectivity index (χ1v) is 10.1. The number of para-hydroxylation sites is 2. The van der Waals surface area contributed by atoms with Gasteiger partial charge in [0.15, 0.2) is 11.5 Å². The number of hydrogen-bond donors (Lipinski definition) is 2. The third-order valence-corrected chi connectivity index (χ3v) is 5.91. The van der Waals surface area contributed by atoms with Gasteiger partial charge in [0.25, 0.3) is 10.0 Å². The quantitative estimate of drug-likeness (QED) is 0.614. The molecule has 0 aliphatic heterocycles. The number of nitrogens with one attached hydrogen (secondary N) is 2. The van der Waals surface area contributed by atoms with Crippen LogP contribution in [0.25, 0.3) is 0 Å². The van der Waals surface area contributed by atoms with Crippen molar-refractivity contribution in [3.8, 4) is 11.5 Å². The first-order chi connectivity index (χ1) is 12.4. The molecule has 1 atom stereocenters. The van der Waals surface area contributed by atoms with Crippen molar-refractivity contribution in [2.75, 3.05) is 19.0 Å². The molecule has 1 unspecified atom stereocenters. The number of ether oxygens (including phenoxy) is 2. The standard InChI is InChI=1S/C15H20N4O5S2/c1-4-13(20)16-14-17-18-15(25-14)26(21,22)19-10(2)9-24-12-8-6-5-7-11(12)23-3/h5-8,10,19H,4,9H2,1-3H3,(H,16,17,20). The van der Waals surface area contributed by atoms with Gasteiger partial charge in [-0.3, -0.25) is 4.79 Å². The molecule has 0 fully saturated rings. The maximum Gasteiger partial charge on any atom is 0.270 e. The molecule has 0 aliphatic carbocycles. The van der Waals surface area contributed by atoms with E-state index in [9.17, 15) is 13.2 Å². The summed E-state index contributed by atoms with van der Waals surface area (Å²) in [7, 11) is -2.34.